The maximum absolute atomic E-state index is 11.2. The molecule has 0 bridgehead atoms. The summed E-state index contributed by atoms with van der Waals surface area (Å²) in [5, 5.41) is 9.23. The van der Waals surface area contributed by atoms with Crippen molar-refractivity contribution in [2.75, 3.05) is 13.2 Å². The van der Waals surface area contributed by atoms with E-state index < -0.39 is 11.4 Å². The summed E-state index contributed by atoms with van der Waals surface area (Å²) in [6.45, 7) is 6.43. The second kappa shape index (κ2) is 5.04. The predicted octanol–water partition coefficient (Wildman–Crippen LogP) is 3.18. The fourth-order valence-corrected chi connectivity index (χ4v) is 2.65. The molecular weight excluding hydrogens is 312 g/mol. The Balaban J connectivity index is 2.43. The average Bonchev–Trinajstić information content (AvgIpc) is 2.35. The monoisotopic (exact) mass is 328 g/mol. The number of carboxylic acid groups (broad SMARTS) is 1. The van der Waals surface area contributed by atoms with Crippen molar-refractivity contribution in [2.45, 2.75) is 27.2 Å². The highest BCUT2D eigenvalue weighted by molar-refractivity contribution is 9.10. The number of fused-ring (bicyclic) bond motifs is 1. The van der Waals surface area contributed by atoms with Crippen LogP contribution in [0.25, 0.3) is 0 Å². The molecule has 0 amide bonds. The maximum atomic E-state index is 11.2. The zero-order chi connectivity index (χ0) is 14.2. The molecule has 1 aromatic rings. The molecule has 2 rings (SSSR count). The molecule has 1 aliphatic heterocycles. The zero-order valence-electron chi connectivity index (χ0n) is 11.2. The summed E-state index contributed by atoms with van der Waals surface area (Å²) < 4.78 is 12.0. The first-order chi connectivity index (χ1) is 8.83. The van der Waals surface area contributed by atoms with Gasteiger partial charge in [0.05, 0.1) is 9.89 Å². The molecule has 0 aromatic heterocycles. The molecular formula is C14H17BrO4. The Bertz CT molecular complexity index is 523. The van der Waals surface area contributed by atoms with Crippen molar-refractivity contribution in [3.8, 4) is 11.5 Å². The molecule has 1 aromatic carbocycles. The van der Waals surface area contributed by atoms with Gasteiger partial charge in [0, 0.05) is 0 Å². The largest absolute Gasteiger partial charge is 0.486 e. The van der Waals surface area contributed by atoms with E-state index in [1.807, 2.05) is 13.0 Å². The summed E-state index contributed by atoms with van der Waals surface area (Å²) >= 11 is 3.46. The molecule has 0 fully saturated rings. The lowest BCUT2D eigenvalue weighted by Gasteiger charge is -2.25. The van der Waals surface area contributed by atoms with Crippen molar-refractivity contribution in [2.24, 2.45) is 5.41 Å². The van der Waals surface area contributed by atoms with Crippen LogP contribution in [0.4, 0.5) is 0 Å². The minimum atomic E-state index is -0.812. The topological polar surface area (TPSA) is 55.8 Å². The van der Waals surface area contributed by atoms with Crippen LogP contribution >= 0.6 is 15.9 Å². The van der Waals surface area contributed by atoms with Crippen molar-refractivity contribution >= 4 is 21.9 Å². The molecule has 0 aliphatic carbocycles. The number of rotatable bonds is 3. The van der Waals surface area contributed by atoms with Gasteiger partial charge in [-0.3, -0.25) is 4.79 Å². The Labute approximate surface area is 120 Å². The summed E-state index contributed by atoms with van der Waals surface area (Å²) in [5.74, 6) is 0.621. The van der Waals surface area contributed by atoms with E-state index in [1.54, 1.807) is 13.8 Å². The standard InChI is InChI=1S/C14H17BrO4/c1-8-9(7-14(2,3)13(16)17)6-10(15)12-11(8)18-4-5-19-12/h6H,4-5,7H2,1-3H3,(H,16,17). The molecule has 0 unspecified atom stereocenters. The van der Waals surface area contributed by atoms with Crippen LogP contribution in [-0.2, 0) is 11.2 Å². The first-order valence-corrected chi connectivity index (χ1v) is 6.93. The Morgan fingerprint density at radius 1 is 1.37 bits per heavy atom. The van der Waals surface area contributed by atoms with Crippen LogP contribution in [0.2, 0.25) is 0 Å². The lowest BCUT2D eigenvalue weighted by atomic mass is 9.84. The first-order valence-electron chi connectivity index (χ1n) is 6.14. The highest BCUT2D eigenvalue weighted by atomic mass is 79.9. The molecule has 0 atom stereocenters. The molecule has 0 saturated heterocycles. The van der Waals surface area contributed by atoms with Crippen molar-refractivity contribution in [3.05, 3.63) is 21.7 Å². The van der Waals surface area contributed by atoms with Crippen molar-refractivity contribution in [3.63, 3.8) is 0 Å². The zero-order valence-corrected chi connectivity index (χ0v) is 12.8. The number of benzene rings is 1. The van der Waals surface area contributed by atoms with Gasteiger partial charge in [-0.05, 0) is 60.3 Å². The third-order valence-electron chi connectivity index (χ3n) is 3.33. The molecule has 19 heavy (non-hydrogen) atoms. The molecule has 1 N–H and O–H groups in total. The van der Waals surface area contributed by atoms with Gasteiger partial charge in [-0.25, -0.2) is 0 Å². The van der Waals surface area contributed by atoms with E-state index in [1.165, 1.54) is 0 Å². The van der Waals surface area contributed by atoms with Gasteiger partial charge in [-0.15, -0.1) is 0 Å². The quantitative estimate of drug-likeness (QED) is 0.925. The van der Waals surface area contributed by atoms with Gasteiger partial charge in [-0.2, -0.15) is 0 Å². The second-order valence-electron chi connectivity index (χ2n) is 5.36. The Kier molecular flexibility index (Phi) is 3.76. The van der Waals surface area contributed by atoms with Gasteiger partial charge in [0.25, 0.3) is 0 Å². The highest BCUT2D eigenvalue weighted by Gasteiger charge is 2.30. The van der Waals surface area contributed by atoms with Crippen LogP contribution in [0.1, 0.15) is 25.0 Å². The van der Waals surface area contributed by atoms with Crippen LogP contribution in [0, 0.1) is 12.3 Å². The predicted molar refractivity (Wildman–Crippen MR) is 75.0 cm³/mol. The Morgan fingerprint density at radius 2 is 1.95 bits per heavy atom. The fourth-order valence-electron chi connectivity index (χ4n) is 2.08. The van der Waals surface area contributed by atoms with Gasteiger partial charge in [0.15, 0.2) is 11.5 Å². The highest BCUT2D eigenvalue weighted by Crippen LogP contribution is 2.43. The van der Waals surface area contributed by atoms with Crippen LogP contribution < -0.4 is 9.47 Å². The van der Waals surface area contributed by atoms with Gasteiger partial charge in [0.2, 0.25) is 0 Å². The van der Waals surface area contributed by atoms with Crippen molar-refractivity contribution in [1.29, 1.82) is 0 Å². The van der Waals surface area contributed by atoms with Gasteiger partial charge < -0.3 is 14.6 Å². The number of ether oxygens (including phenoxy) is 2. The van der Waals surface area contributed by atoms with Crippen molar-refractivity contribution in [1.82, 2.24) is 0 Å². The molecule has 104 valence electrons. The third kappa shape index (κ3) is 2.71. The van der Waals surface area contributed by atoms with Crippen LogP contribution in [-0.4, -0.2) is 24.3 Å². The van der Waals surface area contributed by atoms with E-state index in [2.05, 4.69) is 15.9 Å². The molecule has 0 spiro atoms. The van der Waals surface area contributed by atoms with Crippen molar-refractivity contribution < 1.29 is 19.4 Å². The third-order valence-corrected chi connectivity index (χ3v) is 3.92. The Hall–Kier alpha value is -1.23. The first kappa shape index (κ1) is 14.2. The van der Waals surface area contributed by atoms with Crippen LogP contribution in [0.15, 0.2) is 10.5 Å². The van der Waals surface area contributed by atoms with Crippen LogP contribution in [0.3, 0.4) is 0 Å². The van der Waals surface area contributed by atoms with E-state index in [9.17, 15) is 9.90 Å². The SMILES string of the molecule is Cc1c(CC(C)(C)C(=O)O)cc(Br)c2c1OCCO2. The smallest absolute Gasteiger partial charge is 0.309 e. The lowest BCUT2D eigenvalue weighted by molar-refractivity contribution is -0.146. The maximum Gasteiger partial charge on any atom is 0.309 e. The summed E-state index contributed by atoms with van der Waals surface area (Å²) in [4.78, 5) is 11.2. The number of halogens is 1. The Morgan fingerprint density at radius 3 is 2.53 bits per heavy atom. The number of aliphatic carboxylic acids is 1. The number of carbonyl (C=O) groups is 1. The normalized spacial score (nSPS) is 14.3. The molecule has 5 heteroatoms. The van der Waals surface area contributed by atoms with Crippen LogP contribution in [0.5, 0.6) is 11.5 Å². The average molecular weight is 329 g/mol. The summed E-state index contributed by atoms with van der Waals surface area (Å²) in [6, 6.07) is 1.92. The van der Waals surface area contributed by atoms with E-state index in [-0.39, 0.29) is 0 Å². The number of hydrogen-bond donors (Lipinski definition) is 1. The molecule has 1 heterocycles. The summed E-state index contributed by atoms with van der Waals surface area (Å²) in [6.07, 6.45) is 0.448. The molecule has 0 radical (unpaired) electrons. The van der Waals surface area contributed by atoms with Gasteiger partial charge >= 0.3 is 5.97 Å². The van der Waals surface area contributed by atoms with E-state index in [0.717, 1.165) is 21.3 Å². The number of hydrogen-bond acceptors (Lipinski definition) is 3. The summed E-state index contributed by atoms with van der Waals surface area (Å²) in [5.41, 5.74) is 1.10. The summed E-state index contributed by atoms with van der Waals surface area (Å²) in [7, 11) is 0. The van der Waals surface area contributed by atoms with Gasteiger partial charge in [0.1, 0.15) is 13.2 Å². The molecule has 0 saturated carbocycles. The minimum absolute atomic E-state index is 0.448. The fraction of sp³-hybridized carbons (Fsp3) is 0.500. The number of carboxylic acids is 1. The van der Waals surface area contributed by atoms with E-state index in [0.29, 0.717) is 25.4 Å². The molecule has 4 nitrogen and oxygen atoms in total. The van der Waals surface area contributed by atoms with E-state index >= 15 is 0 Å². The molecule has 1 aliphatic rings. The lowest BCUT2D eigenvalue weighted by Crippen LogP contribution is -2.27. The second-order valence-corrected chi connectivity index (χ2v) is 6.22. The van der Waals surface area contributed by atoms with E-state index in [4.69, 9.17) is 9.47 Å². The minimum Gasteiger partial charge on any atom is -0.486 e. The van der Waals surface area contributed by atoms with Gasteiger partial charge in [-0.1, -0.05) is 0 Å².